The van der Waals surface area contributed by atoms with Crippen molar-refractivity contribution in [2.45, 2.75) is 13.8 Å². The van der Waals surface area contributed by atoms with Crippen LogP contribution in [-0.4, -0.2) is 24.7 Å². The molecular weight excluding hydrogens is 400 g/mol. The molecule has 0 fully saturated rings. The Balaban J connectivity index is 1.88. The van der Waals surface area contributed by atoms with E-state index in [1.54, 1.807) is 13.0 Å². The van der Waals surface area contributed by atoms with E-state index in [0.29, 0.717) is 22.8 Å². The third kappa shape index (κ3) is 3.46. The van der Waals surface area contributed by atoms with Gasteiger partial charge in [0.1, 0.15) is 40.6 Å². The van der Waals surface area contributed by atoms with E-state index >= 15 is 0 Å². The minimum atomic E-state index is -0.656. The van der Waals surface area contributed by atoms with Crippen LogP contribution in [0.1, 0.15) is 17.1 Å². The van der Waals surface area contributed by atoms with Gasteiger partial charge >= 0.3 is 0 Å². The highest BCUT2D eigenvalue weighted by molar-refractivity contribution is 6.32. The summed E-state index contributed by atoms with van der Waals surface area (Å²) in [7, 11) is 0. The zero-order valence-corrected chi connectivity index (χ0v) is 16.0. The summed E-state index contributed by atoms with van der Waals surface area (Å²) in [6, 6.07) is 5.69. The molecular formula is C19H12ClF2N7. The number of nitrogens with zero attached hydrogens (tertiary/aromatic N) is 6. The summed E-state index contributed by atoms with van der Waals surface area (Å²) < 4.78 is 29.2. The quantitative estimate of drug-likeness (QED) is 0.538. The maximum Gasteiger partial charge on any atom is 0.169 e. The lowest BCUT2D eigenvalue weighted by Gasteiger charge is -2.07. The zero-order chi connectivity index (χ0) is 20.7. The number of hydrogen-bond donors (Lipinski definition) is 1. The first-order chi connectivity index (χ1) is 13.9. The van der Waals surface area contributed by atoms with Crippen LogP contribution in [0.25, 0.3) is 16.6 Å². The average Bonchev–Trinajstić information content (AvgIpc) is 3.08. The Morgan fingerprint density at radius 3 is 2.69 bits per heavy atom. The molecule has 0 radical (unpaired) electrons. The molecule has 0 amide bonds. The van der Waals surface area contributed by atoms with Crippen LogP contribution in [0.4, 0.5) is 20.4 Å². The molecule has 0 bridgehead atoms. The predicted molar refractivity (Wildman–Crippen MR) is 103 cm³/mol. The summed E-state index contributed by atoms with van der Waals surface area (Å²) in [6.45, 7) is 3.58. The number of fused-ring (bicyclic) bond motifs is 1. The molecule has 0 atom stereocenters. The molecule has 1 aromatic carbocycles. The van der Waals surface area contributed by atoms with Crippen molar-refractivity contribution < 1.29 is 8.78 Å². The van der Waals surface area contributed by atoms with Gasteiger partial charge in [0.15, 0.2) is 5.82 Å². The molecule has 0 saturated carbocycles. The Labute approximate surface area is 168 Å². The molecule has 3 heterocycles. The molecule has 7 nitrogen and oxygen atoms in total. The van der Waals surface area contributed by atoms with Gasteiger partial charge in [0.2, 0.25) is 0 Å². The summed E-state index contributed by atoms with van der Waals surface area (Å²) >= 11 is 6.13. The van der Waals surface area contributed by atoms with Crippen molar-refractivity contribution >= 4 is 34.1 Å². The number of aryl methyl sites for hydroxylation is 2. The van der Waals surface area contributed by atoms with Crippen LogP contribution in [0, 0.1) is 36.8 Å². The molecule has 0 aliphatic carbocycles. The van der Waals surface area contributed by atoms with Crippen molar-refractivity contribution in [1.82, 2.24) is 24.7 Å². The van der Waals surface area contributed by atoms with E-state index in [9.17, 15) is 14.0 Å². The van der Waals surface area contributed by atoms with Gasteiger partial charge in [-0.15, -0.1) is 0 Å². The van der Waals surface area contributed by atoms with Crippen LogP contribution in [0.3, 0.4) is 0 Å². The molecule has 10 heteroatoms. The van der Waals surface area contributed by atoms with Gasteiger partial charge in [0, 0.05) is 18.0 Å². The SMILES string of the molecule is Cc1cc(Nc2ncc(F)c3nn(-c4c(Cl)cc(F)cc4C#N)cc23)nc(C)n1. The van der Waals surface area contributed by atoms with E-state index in [1.165, 1.54) is 10.9 Å². The second-order valence-corrected chi connectivity index (χ2v) is 6.66. The van der Waals surface area contributed by atoms with Crippen LogP contribution in [0.15, 0.2) is 30.6 Å². The van der Waals surface area contributed by atoms with Crippen LogP contribution in [0.2, 0.25) is 5.02 Å². The largest absolute Gasteiger partial charge is 0.324 e. The highest BCUT2D eigenvalue weighted by Gasteiger charge is 2.18. The molecule has 29 heavy (non-hydrogen) atoms. The van der Waals surface area contributed by atoms with Gasteiger partial charge in [-0.1, -0.05) is 11.6 Å². The fourth-order valence-corrected chi connectivity index (χ4v) is 3.27. The van der Waals surface area contributed by atoms with Crippen molar-refractivity contribution in [2.24, 2.45) is 0 Å². The van der Waals surface area contributed by atoms with E-state index in [0.717, 1.165) is 24.0 Å². The maximum absolute atomic E-state index is 14.4. The third-order valence-electron chi connectivity index (χ3n) is 4.09. The monoisotopic (exact) mass is 411 g/mol. The van der Waals surface area contributed by atoms with Crippen LogP contribution < -0.4 is 5.32 Å². The molecule has 4 rings (SSSR count). The third-order valence-corrected chi connectivity index (χ3v) is 4.38. The Morgan fingerprint density at radius 1 is 1.17 bits per heavy atom. The Hall–Kier alpha value is -3.64. The van der Waals surface area contributed by atoms with E-state index in [2.05, 4.69) is 25.4 Å². The summed E-state index contributed by atoms with van der Waals surface area (Å²) in [4.78, 5) is 12.6. The topological polar surface area (TPSA) is 92.3 Å². The molecule has 4 aromatic rings. The van der Waals surface area contributed by atoms with Crippen molar-refractivity contribution in [3.8, 4) is 11.8 Å². The second-order valence-electron chi connectivity index (χ2n) is 6.25. The fraction of sp³-hybridized carbons (Fsp3) is 0.105. The lowest BCUT2D eigenvalue weighted by molar-refractivity contribution is 0.625. The smallest absolute Gasteiger partial charge is 0.169 e. The van der Waals surface area contributed by atoms with Gasteiger partial charge in [0.05, 0.1) is 22.2 Å². The lowest BCUT2D eigenvalue weighted by Crippen LogP contribution is -2.01. The highest BCUT2D eigenvalue weighted by Crippen LogP contribution is 2.30. The van der Waals surface area contributed by atoms with E-state index in [1.807, 2.05) is 13.0 Å². The van der Waals surface area contributed by atoms with E-state index < -0.39 is 11.6 Å². The highest BCUT2D eigenvalue weighted by atomic mass is 35.5. The number of benzene rings is 1. The molecule has 1 N–H and O–H groups in total. The average molecular weight is 412 g/mol. The van der Waals surface area contributed by atoms with E-state index in [-0.39, 0.29) is 21.8 Å². The molecule has 0 unspecified atom stereocenters. The number of halogens is 3. The van der Waals surface area contributed by atoms with Crippen molar-refractivity contribution in [3.05, 3.63) is 64.3 Å². The van der Waals surface area contributed by atoms with Gasteiger partial charge in [-0.25, -0.2) is 28.4 Å². The number of aromatic nitrogens is 5. The number of anilines is 2. The summed E-state index contributed by atoms with van der Waals surface area (Å²) in [5, 5.41) is 16.9. The number of hydrogen-bond acceptors (Lipinski definition) is 6. The minimum absolute atomic E-state index is 0.00859. The van der Waals surface area contributed by atoms with Crippen LogP contribution in [0.5, 0.6) is 0 Å². The fourth-order valence-electron chi connectivity index (χ4n) is 2.98. The Bertz CT molecular complexity index is 1290. The first-order valence-corrected chi connectivity index (χ1v) is 8.76. The zero-order valence-electron chi connectivity index (χ0n) is 15.2. The molecule has 3 aromatic heterocycles. The predicted octanol–water partition coefficient (Wildman–Crippen LogP) is 4.37. The number of rotatable bonds is 3. The Morgan fingerprint density at radius 2 is 1.97 bits per heavy atom. The number of nitriles is 1. The lowest BCUT2D eigenvalue weighted by atomic mass is 10.2. The summed E-state index contributed by atoms with van der Waals surface area (Å²) in [5.41, 5.74) is 0.874. The second kappa shape index (κ2) is 7.07. The number of pyridine rings is 1. The maximum atomic E-state index is 14.4. The van der Waals surface area contributed by atoms with Crippen molar-refractivity contribution in [3.63, 3.8) is 0 Å². The summed E-state index contributed by atoms with van der Waals surface area (Å²) in [5.74, 6) is 0.0497. The van der Waals surface area contributed by atoms with Gasteiger partial charge < -0.3 is 5.32 Å². The molecule has 144 valence electrons. The minimum Gasteiger partial charge on any atom is -0.324 e. The number of nitrogens with one attached hydrogen (secondary N) is 1. The molecule has 0 aliphatic heterocycles. The summed E-state index contributed by atoms with van der Waals surface area (Å²) in [6.07, 6.45) is 2.50. The van der Waals surface area contributed by atoms with Gasteiger partial charge in [-0.05, 0) is 26.0 Å². The van der Waals surface area contributed by atoms with E-state index in [4.69, 9.17) is 11.6 Å². The first-order valence-electron chi connectivity index (χ1n) is 8.38. The van der Waals surface area contributed by atoms with Gasteiger partial charge in [-0.2, -0.15) is 10.4 Å². The Kier molecular flexibility index (Phi) is 4.56. The molecule has 0 saturated heterocycles. The van der Waals surface area contributed by atoms with Crippen molar-refractivity contribution in [1.29, 1.82) is 5.26 Å². The van der Waals surface area contributed by atoms with Crippen molar-refractivity contribution in [2.75, 3.05) is 5.32 Å². The first kappa shape index (κ1) is 18.7. The van der Waals surface area contributed by atoms with Crippen LogP contribution in [-0.2, 0) is 0 Å². The molecule has 0 spiro atoms. The normalized spacial score (nSPS) is 10.9. The van der Waals surface area contributed by atoms with Gasteiger partial charge in [0.25, 0.3) is 0 Å². The molecule has 0 aliphatic rings. The van der Waals surface area contributed by atoms with Gasteiger partial charge in [-0.3, -0.25) is 0 Å². The van der Waals surface area contributed by atoms with Crippen LogP contribution >= 0.6 is 11.6 Å². The standard InChI is InChI=1S/C19H12ClF2N7/c1-9-3-16(26-10(2)25-9)27-19-13-8-29(28-17(13)15(22)7-24-19)18-11(6-23)4-12(21)5-14(18)20/h3-5,7-8H,1-2H3,(H,24,25,26,27).